The second-order valence-electron chi connectivity index (χ2n) is 6.67. The van der Waals surface area contributed by atoms with Gasteiger partial charge in [0, 0.05) is 13.1 Å². The molecule has 0 spiro atoms. The number of hydrogen-bond donors (Lipinski definition) is 2. The van der Waals surface area contributed by atoms with Gasteiger partial charge < -0.3 is 15.3 Å². The van der Waals surface area contributed by atoms with Crippen molar-refractivity contribution in [2.45, 2.75) is 44.6 Å². The molecule has 1 aliphatic heterocycles. The highest BCUT2D eigenvalue weighted by molar-refractivity contribution is 6.35. The van der Waals surface area contributed by atoms with E-state index in [1.807, 2.05) is 12.1 Å². The summed E-state index contributed by atoms with van der Waals surface area (Å²) in [4.78, 5) is 25.7. The Morgan fingerprint density at radius 3 is 2.52 bits per heavy atom. The molecule has 2 fully saturated rings. The minimum atomic E-state index is -0.488. The first kappa shape index (κ1) is 15.8. The van der Waals surface area contributed by atoms with Gasteiger partial charge in [-0.2, -0.15) is 0 Å². The summed E-state index contributed by atoms with van der Waals surface area (Å²) in [6.45, 7) is 1.16. The van der Waals surface area contributed by atoms with E-state index in [9.17, 15) is 14.7 Å². The van der Waals surface area contributed by atoms with Crippen molar-refractivity contribution in [3.63, 3.8) is 0 Å². The molecule has 1 atom stereocenters. The first-order valence-corrected chi connectivity index (χ1v) is 8.50. The molecule has 23 heavy (non-hydrogen) atoms. The van der Waals surface area contributed by atoms with E-state index in [-0.39, 0.29) is 11.8 Å². The highest BCUT2D eigenvalue weighted by Gasteiger charge is 2.34. The number of phenolic OH excluding ortho intramolecular Hbond substituents is 1. The van der Waals surface area contributed by atoms with E-state index < -0.39 is 11.8 Å². The lowest BCUT2D eigenvalue weighted by molar-refractivity contribution is -0.150. The molecule has 5 nitrogen and oxygen atoms in total. The van der Waals surface area contributed by atoms with E-state index in [4.69, 9.17) is 0 Å². The van der Waals surface area contributed by atoms with Crippen LogP contribution in [-0.4, -0.2) is 41.0 Å². The summed E-state index contributed by atoms with van der Waals surface area (Å²) < 4.78 is 0. The predicted molar refractivity (Wildman–Crippen MR) is 86.9 cm³/mol. The Hall–Kier alpha value is -2.04. The Kier molecular flexibility index (Phi) is 4.84. The van der Waals surface area contributed by atoms with Crippen molar-refractivity contribution in [2.24, 2.45) is 5.92 Å². The molecule has 1 saturated carbocycles. The van der Waals surface area contributed by atoms with Gasteiger partial charge in [0.1, 0.15) is 5.75 Å². The van der Waals surface area contributed by atoms with Gasteiger partial charge in [-0.1, -0.05) is 37.8 Å². The fourth-order valence-electron chi connectivity index (χ4n) is 3.68. The summed E-state index contributed by atoms with van der Waals surface area (Å²) in [5.41, 5.74) is 1.06. The topological polar surface area (TPSA) is 69.6 Å². The van der Waals surface area contributed by atoms with Gasteiger partial charge in [0.25, 0.3) is 0 Å². The molecule has 0 radical (unpaired) electrons. The van der Waals surface area contributed by atoms with Crippen LogP contribution in [0.2, 0.25) is 0 Å². The van der Waals surface area contributed by atoms with Gasteiger partial charge in [0.2, 0.25) is 0 Å². The normalized spacial score (nSPS) is 22.4. The van der Waals surface area contributed by atoms with Crippen LogP contribution in [0.3, 0.4) is 0 Å². The second kappa shape index (κ2) is 7.02. The summed E-state index contributed by atoms with van der Waals surface area (Å²) >= 11 is 0. The number of aromatic hydroxyl groups is 1. The van der Waals surface area contributed by atoms with Crippen LogP contribution < -0.4 is 5.32 Å². The smallest absolute Gasteiger partial charge is 0.312 e. The van der Waals surface area contributed by atoms with Gasteiger partial charge in [0.15, 0.2) is 0 Å². The number of carbonyl (C=O) groups excluding carboxylic acids is 2. The van der Waals surface area contributed by atoms with Crippen LogP contribution >= 0.6 is 0 Å². The first-order chi connectivity index (χ1) is 11.1. The molecule has 3 rings (SSSR count). The van der Waals surface area contributed by atoms with E-state index in [2.05, 4.69) is 5.32 Å². The average molecular weight is 316 g/mol. The molecule has 2 N–H and O–H groups in total. The van der Waals surface area contributed by atoms with Crippen LogP contribution in [0.25, 0.3) is 0 Å². The van der Waals surface area contributed by atoms with Crippen LogP contribution in [0, 0.1) is 5.92 Å². The van der Waals surface area contributed by atoms with Crippen LogP contribution in [0.5, 0.6) is 5.75 Å². The minimum absolute atomic E-state index is 0.00820. The predicted octanol–water partition coefficient (Wildman–Crippen LogP) is 1.84. The number of amides is 2. The molecule has 1 heterocycles. The SMILES string of the molecule is O=C1NC[C@H](Cc2ccc(O)cc2)N(CCC2CCCC2)C1=O. The molecular formula is C18H24N2O3. The lowest BCUT2D eigenvalue weighted by Gasteiger charge is -2.36. The molecule has 1 aromatic carbocycles. The number of rotatable bonds is 5. The highest BCUT2D eigenvalue weighted by atomic mass is 16.3. The number of phenols is 1. The van der Waals surface area contributed by atoms with Gasteiger partial charge in [-0.25, -0.2) is 0 Å². The van der Waals surface area contributed by atoms with Crippen molar-refractivity contribution in [1.82, 2.24) is 10.2 Å². The first-order valence-electron chi connectivity index (χ1n) is 8.50. The van der Waals surface area contributed by atoms with Gasteiger partial charge in [-0.05, 0) is 36.5 Å². The Labute approximate surface area is 136 Å². The van der Waals surface area contributed by atoms with Crippen molar-refractivity contribution in [2.75, 3.05) is 13.1 Å². The zero-order valence-electron chi connectivity index (χ0n) is 13.3. The molecule has 2 amide bonds. The quantitative estimate of drug-likeness (QED) is 0.815. The number of nitrogens with zero attached hydrogens (tertiary/aromatic N) is 1. The Balaban J connectivity index is 1.66. The molecule has 0 bridgehead atoms. The third-order valence-corrected chi connectivity index (χ3v) is 5.05. The zero-order valence-corrected chi connectivity index (χ0v) is 13.3. The highest BCUT2D eigenvalue weighted by Crippen LogP contribution is 2.28. The number of hydrogen-bond acceptors (Lipinski definition) is 3. The molecule has 1 saturated heterocycles. The van der Waals surface area contributed by atoms with Crippen LogP contribution in [-0.2, 0) is 16.0 Å². The summed E-state index contributed by atoms with van der Waals surface area (Å²) in [6, 6.07) is 7.03. The third kappa shape index (κ3) is 3.84. The summed E-state index contributed by atoms with van der Waals surface area (Å²) in [5, 5.41) is 12.1. The summed E-state index contributed by atoms with van der Waals surface area (Å²) in [6.07, 6.45) is 6.75. The number of nitrogens with one attached hydrogen (secondary N) is 1. The summed E-state index contributed by atoms with van der Waals surface area (Å²) in [5.74, 6) is 0.0402. The van der Waals surface area contributed by atoms with E-state index in [0.29, 0.717) is 25.4 Å². The van der Waals surface area contributed by atoms with Crippen LogP contribution in [0.4, 0.5) is 0 Å². The molecule has 5 heteroatoms. The molecule has 0 aromatic heterocycles. The van der Waals surface area contributed by atoms with Gasteiger partial charge in [-0.15, -0.1) is 0 Å². The van der Waals surface area contributed by atoms with Crippen molar-refractivity contribution in [1.29, 1.82) is 0 Å². The minimum Gasteiger partial charge on any atom is -0.508 e. The van der Waals surface area contributed by atoms with Crippen molar-refractivity contribution >= 4 is 11.8 Å². The maximum absolute atomic E-state index is 12.3. The largest absolute Gasteiger partial charge is 0.508 e. The Morgan fingerprint density at radius 2 is 1.83 bits per heavy atom. The monoisotopic (exact) mass is 316 g/mol. The van der Waals surface area contributed by atoms with Crippen molar-refractivity contribution < 1.29 is 14.7 Å². The third-order valence-electron chi connectivity index (χ3n) is 5.05. The fraction of sp³-hybridized carbons (Fsp3) is 0.556. The summed E-state index contributed by atoms with van der Waals surface area (Å²) in [7, 11) is 0. The molecule has 1 aliphatic carbocycles. The molecule has 124 valence electrons. The van der Waals surface area contributed by atoms with Crippen molar-refractivity contribution in [3.05, 3.63) is 29.8 Å². The lowest BCUT2D eigenvalue weighted by Crippen LogP contribution is -2.59. The van der Waals surface area contributed by atoms with Crippen LogP contribution in [0.15, 0.2) is 24.3 Å². The van der Waals surface area contributed by atoms with E-state index in [0.717, 1.165) is 12.0 Å². The number of benzene rings is 1. The number of carbonyl (C=O) groups is 2. The maximum atomic E-state index is 12.3. The van der Waals surface area contributed by atoms with Crippen LogP contribution in [0.1, 0.15) is 37.7 Å². The van der Waals surface area contributed by atoms with Gasteiger partial charge >= 0.3 is 11.8 Å². The van der Waals surface area contributed by atoms with E-state index >= 15 is 0 Å². The second-order valence-corrected chi connectivity index (χ2v) is 6.67. The van der Waals surface area contributed by atoms with Crippen molar-refractivity contribution in [3.8, 4) is 5.75 Å². The van der Waals surface area contributed by atoms with Gasteiger partial charge in [-0.3, -0.25) is 9.59 Å². The molecule has 0 unspecified atom stereocenters. The van der Waals surface area contributed by atoms with E-state index in [1.54, 1.807) is 17.0 Å². The maximum Gasteiger partial charge on any atom is 0.312 e. The standard InChI is InChI=1S/C18H24N2O3/c21-16-7-5-14(6-8-16)11-15-12-19-17(22)18(23)20(15)10-9-13-3-1-2-4-13/h5-8,13,15,21H,1-4,9-12H2,(H,19,22)/t15-/m0/s1. The lowest BCUT2D eigenvalue weighted by atomic mass is 9.99. The molecule has 2 aliphatic rings. The Morgan fingerprint density at radius 1 is 1.13 bits per heavy atom. The molecular weight excluding hydrogens is 292 g/mol. The van der Waals surface area contributed by atoms with Gasteiger partial charge in [0.05, 0.1) is 6.04 Å². The molecule has 1 aromatic rings. The number of piperazine rings is 1. The fourth-order valence-corrected chi connectivity index (χ4v) is 3.68. The Bertz CT molecular complexity index is 564. The van der Waals surface area contributed by atoms with E-state index in [1.165, 1.54) is 25.7 Å². The zero-order chi connectivity index (χ0) is 16.2. The average Bonchev–Trinajstić information content (AvgIpc) is 3.06.